The van der Waals surface area contributed by atoms with Crippen LogP contribution >= 0.6 is 0 Å². The Hall–Kier alpha value is -1.36. The van der Waals surface area contributed by atoms with Crippen molar-refractivity contribution in [3.63, 3.8) is 0 Å². The van der Waals surface area contributed by atoms with Gasteiger partial charge < -0.3 is 14.9 Å². The molecule has 0 heterocycles. The number of aliphatic hydroxyl groups is 1. The lowest BCUT2D eigenvalue weighted by Gasteiger charge is -2.20. The standard InChI is InChI=1S/C11H18O5/c1-3-5-9(8(12)4-2)16-11(15)7-6-10(13)14/h6-9,12H,3-5H2,1-2H3,(H,13,14). The minimum Gasteiger partial charge on any atom is -0.478 e. The van der Waals surface area contributed by atoms with E-state index in [0.717, 1.165) is 12.5 Å². The second-order valence-electron chi connectivity index (χ2n) is 3.41. The predicted molar refractivity (Wildman–Crippen MR) is 57.9 cm³/mol. The van der Waals surface area contributed by atoms with Gasteiger partial charge in [0.1, 0.15) is 6.10 Å². The molecule has 5 heteroatoms. The van der Waals surface area contributed by atoms with Crippen LogP contribution in [0.4, 0.5) is 0 Å². The van der Waals surface area contributed by atoms with E-state index < -0.39 is 24.1 Å². The van der Waals surface area contributed by atoms with Crippen molar-refractivity contribution in [1.29, 1.82) is 0 Å². The van der Waals surface area contributed by atoms with Crippen LogP contribution in [0.15, 0.2) is 12.2 Å². The molecule has 0 spiro atoms. The summed E-state index contributed by atoms with van der Waals surface area (Å²) in [6.45, 7) is 3.70. The average Bonchev–Trinajstić information content (AvgIpc) is 2.24. The van der Waals surface area contributed by atoms with Crippen LogP contribution < -0.4 is 0 Å². The zero-order valence-electron chi connectivity index (χ0n) is 9.55. The van der Waals surface area contributed by atoms with Crippen molar-refractivity contribution in [2.45, 2.75) is 45.3 Å². The maximum Gasteiger partial charge on any atom is 0.331 e. The van der Waals surface area contributed by atoms with Gasteiger partial charge in [0.15, 0.2) is 0 Å². The Morgan fingerprint density at radius 2 is 1.94 bits per heavy atom. The molecule has 0 aliphatic carbocycles. The molecule has 0 bridgehead atoms. The van der Waals surface area contributed by atoms with Crippen LogP contribution in [-0.2, 0) is 14.3 Å². The highest BCUT2D eigenvalue weighted by molar-refractivity contribution is 5.90. The fourth-order valence-corrected chi connectivity index (χ4v) is 1.21. The largest absolute Gasteiger partial charge is 0.478 e. The molecule has 0 saturated heterocycles. The molecule has 0 aromatic rings. The summed E-state index contributed by atoms with van der Waals surface area (Å²) in [4.78, 5) is 21.3. The Balaban J connectivity index is 4.28. The lowest BCUT2D eigenvalue weighted by atomic mass is 10.1. The predicted octanol–water partition coefficient (Wildman–Crippen LogP) is 1.11. The molecule has 16 heavy (non-hydrogen) atoms. The molecular weight excluding hydrogens is 212 g/mol. The van der Waals surface area contributed by atoms with E-state index in [1.165, 1.54) is 0 Å². The number of carboxylic acid groups (broad SMARTS) is 1. The zero-order chi connectivity index (χ0) is 12.6. The fraction of sp³-hybridized carbons (Fsp3) is 0.636. The van der Waals surface area contributed by atoms with Crippen LogP contribution in [0, 0.1) is 0 Å². The topological polar surface area (TPSA) is 83.8 Å². The van der Waals surface area contributed by atoms with Gasteiger partial charge in [-0.2, -0.15) is 0 Å². The van der Waals surface area contributed by atoms with Gasteiger partial charge in [-0.3, -0.25) is 0 Å². The van der Waals surface area contributed by atoms with Gasteiger partial charge in [-0.05, 0) is 12.8 Å². The van der Waals surface area contributed by atoms with Gasteiger partial charge in [0.25, 0.3) is 0 Å². The molecule has 0 rings (SSSR count). The molecule has 0 radical (unpaired) electrons. The number of carbonyl (C=O) groups excluding carboxylic acids is 1. The van der Waals surface area contributed by atoms with E-state index in [9.17, 15) is 14.7 Å². The van der Waals surface area contributed by atoms with Gasteiger partial charge in [-0.15, -0.1) is 0 Å². The summed E-state index contributed by atoms with van der Waals surface area (Å²) in [6, 6.07) is 0. The third kappa shape index (κ3) is 6.19. The molecule has 5 nitrogen and oxygen atoms in total. The SMILES string of the molecule is CCCC(OC(=O)C=CC(=O)O)C(O)CC. The van der Waals surface area contributed by atoms with Gasteiger partial charge in [0, 0.05) is 12.2 Å². The number of aliphatic hydroxyl groups excluding tert-OH is 1. The minimum atomic E-state index is -1.21. The Morgan fingerprint density at radius 1 is 1.31 bits per heavy atom. The van der Waals surface area contributed by atoms with Gasteiger partial charge >= 0.3 is 11.9 Å². The number of hydrogen-bond donors (Lipinski definition) is 2. The number of esters is 1. The van der Waals surface area contributed by atoms with Crippen molar-refractivity contribution in [1.82, 2.24) is 0 Å². The summed E-state index contributed by atoms with van der Waals surface area (Å²) in [7, 11) is 0. The van der Waals surface area contributed by atoms with E-state index in [1.807, 2.05) is 6.92 Å². The molecule has 2 atom stereocenters. The molecule has 0 aromatic carbocycles. The third-order valence-electron chi connectivity index (χ3n) is 2.05. The number of aliphatic carboxylic acids is 1. The molecule has 0 fully saturated rings. The van der Waals surface area contributed by atoms with E-state index in [-0.39, 0.29) is 0 Å². The first-order valence-electron chi connectivity index (χ1n) is 5.30. The molecule has 2 N–H and O–H groups in total. The van der Waals surface area contributed by atoms with E-state index in [0.29, 0.717) is 18.9 Å². The Morgan fingerprint density at radius 3 is 2.38 bits per heavy atom. The first-order valence-corrected chi connectivity index (χ1v) is 5.30. The van der Waals surface area contributed by atoms with Gasteiger partial charge in [-0.1, -0.05) is 20.3 Å². The Labute approximate surface area is 94.7 Å². The maximum atomic E-state index is 11.2. The van der Waals surface area contributed by atoms with Crippen molar-refractivity contribution in [3.05, 3.63) is 12.2 Å². The van der Waals surface area contributed by atoms with Crippen LogP contribution in [0.5, 0.6) is 0 Å². The fourth-order valence-electron chi connectivity index (χ4n) is 1.21. The van der Waals surface area contributed by atoms with Crippen molar-refractivity contribution in [2.75, 3.05) is 0 Å². The van der Waals surface area contributed by atoms with Gasteiger partial charge in [-0.25, -0.2) is 9.59 Å². The molecule has 92 valence electrons. The minimum absolute atomic E-state index is 0.487. The highest BCUT2D eigenvalue weighted by Crippen LogP contribution is 2.10. The quantitative estimate of drug-likeness (QED) is 0.505. The van der Waals surface area contributed by atoms with E-state index >= 15 is 0 Å². The third-order valence-corrected chi connectivity index (χ3v) is 2.05. The van der Waals surface area contributed by atoms with Crippen LogP contribution in [0.3, 0.4) is 0 Å². The highest BCUT2D eigenvalue weighted by atomic mass is 16.6. The molecule has 0 aromatic heterocycles. The van der Waals surface area contributed by atoms with Crippen LogP contribution in [-0.4, -0.2) is 34.4 Å². The molecular formula is C11H18O5. The summed E-state index contributed by atoms with van der Waals surface area (Å²) in [5.74, 6) is -1.95. The summed E-state index contributed by atoms with van der Waals surface area (Å²) < 4.78 is 4.95. The summed E-state index contributed by atoms with van der Waals surface area (Å²) >= 11 is 0. The molecule has 0 aliphatic heterocycles. The molecule has 2 unspecified atom stereocenters. The number of ether oxygens (including phenoxy) is 1. The first-order chi connectivity index (χ1) is 7.51. The second kappa shape index (κ2) is 7.87. The first kappa shape index (κ1) is 14.6. The van der Waals surface area contributed by atoms with Crippen molar-refractivity contribution < 1.29 is 24.5 Å². The van der Waals surface area contributed by atoms with Crippen LogP contribution in [0.1, 0.15) is 33.1 Å². The number of rotatable bonds is 7. The van der Waals surface area contributed by atoms with E-state index in [1.54, 1.807) is 6.92 Å². The maximum absolute atomic E-state index is 11.2. The molecule has 0 amide bonds. The van der Waals surface area contributed by atoms with E-state index in [2.05, 4.69) is 0 Å². The van der Waals surface area contributed by atoms with Gasteiger partial charge in [0.2, 0.25) is 0 Å². The summed E-state index contributed by atoms with van der Waals surface area (Å²) in [5, 5.41) is 17.9. The lowest BCUT2D eigenvalue weighted by Crippen LogP contribution is -2.30. The zero-order valence-corrected chi connectivity index (χ0v) is 9.55. The molecule has 0 aliphatic rings. The van der Waals surface area contributed by atoms with Crippen molar-refractivity contribution in [3.8, 4) is 0 Å². The number of carboxylic acids is 1. The average molecular weight is 230 g/mol. The molecule has 0 saturated carbocycles. The Kier molecular flexibility index (Phi) is 7.20. The normalized spacial score (nSPS) is 14.7. The van der Waals surface area contributed by atoms with Gasteiger partial charge in [0.05, 0.1) is 6.10 Å². The summed E-state index contributed by atoms with van der Waals surface area (Å²) in [5.41, 5.74) is 0. The van der Waals surface area contributed by atoms with Crippen molar-refractivity contribution in [2.24, 2.45) is 0 Å². The number of carbonyl (C=O) groups is 2. The van der Waals surface area contributed by atoms with Crippen LogP contribution in [0.2, 0.25) is 0 Å². The monoisotopic (exact) mass is 230 g/mol. The highest BCUT2D eigenvalue weighted by Gasteiger charge is 2.19. The van der Waals surface area contributed by atoms with E-state index in [4.69, 9.17) is 9.84 Å². The van der Waals surface area contributed by atoms with Crippen molar-refractivity contribution >= 4 is 11.9 Å². The van der Waals surface area contributed by atoms with Crippen LogP contribution in [0.25, 0.3) is 0 Å². The summed E-state index contributed by atoms with van der Waals surface area (Å²) in [6.07, 6.45) is 2.10. The number of hydrogen-bond acceptors (Lipinski definition) is 4. The Bertz CT molecular complexity index is 259. The second-order valence-corrected chi connectivity index (χ2v) is 3.41. The smallest absolute Gasteiger partial charge is 0.331 e. The lowest BCUT2D eigenvalue weighted by molar-refractivity contribution is -0.150.